The van der Waals surface area contributed by atoms with E-state index in [4.69, 9.17) is 15.6 Å². The van der Waals surface area contributed by atoms with Gasteiger partial charge in [0, 0.05) is 13.2 Å². The predicted octanol–water partition coefficient (Wildman–Crippen LogP) is 0.923. The van der Waals surface area contributed by atoms with Gasteiger partial charge in [-0.1, -0.05) is 13.8 Å². The minimum Gasteiger partial charge on any atom is -0.466 e. The molecule has 0 amide bonds. The molecule has 0 saturated heterocycles. The third-order valence-electron chi connectivity index (χ3n) is 2.93. The van der Waals surface area contributed by atoms with Gasteiger partial charge >= 0.3 is 5.97 Å². The van der Waals surface area contributed by atoms with Crippen molar-refractivity contribution in [2.45, 2.75) is 33.6 Å². The van der Waals surface area contributed by atoms with E-state index >= 15 is 0 Å². The van der Waals surface area contributed by atoms with Crippen molar-refractivity contribution in [3.05, 3.63) is 0 Å². The molecule has 0 aromatic rings. The zero-order valence-electron chi connectivity index (χ0n) is 9.95. The van der Waals surface area contributed by atoms with Crippen molar-refractivity contribution >= 4 is 5.97 Å². The van der Waals surface area contributed by atoms with Crippen molar-refractivity contribution in [1.29, 1.82) is 0 Å². The molecule has 4 heteroatoms. The molecule has 1 unspecified atom stereocenters. The molecule has 0 aliphatic heterocycles. The van der Waals surface area contributed by atoms with Gasteiger partial charge in [-0.3, -0.25) is 4.79 Å². The number of hydrogen-bond donors (Lipinski definition) is 2. The Bertz CT molecular complexity index is 194. The fourth-order valence-corrected chi connectivity index (χ4v) is 1.72. The van der Waals surface area contributed by atoms with Crippen LogP contribution in [0.3, 0.4) is 0 Å². The summed E-state index contributed by atoms with van der Waals surface area (Å²) in [4.78, 5) is 11.9. The Kier molecular flexibility index (Phi) is 6.52. The number of ether oxygens (including phenoxy) is 1. The van der Waals surface area contributed by atoms with E-state index in [2.05, 4.69) is 0 Å². The Morgan fingerprint density at radius 2 is 2.13 bits per heavy atom. The quantitative estimate of drug-likeness (QED) is 0.622. The summed E-state index contributed by atoms with van der Waals surface area (Å²) in [6.45, 7) is 6.41. The Hall–Kier alpha value is -0.610. The van der Waals surface area contributed by atoms with Gasteiger partial charge in [0.25, 0.3) is 0 Å². The highest BCUT2D eigenvalue weighted by atomic mass is 16.5. The SMILES string of the molecule is CCOC(=O)C(CN)(CCCO)C(C)C. The van der Waals surface area contributed by atoms with Crippen LogP contribution in [0, 0.1) is 11.3 Å². The van der Waals surface area contributed by atoms with Gasteiger partial charge in [-0.25, -0.2) is 0 Å². The number of rotatable bonds is 7. The van der Waals surface area contributed by atoms with Gasteiger partial charge in [0.05, 0.1) is 12.0 Å². The number of carbonyl (C=O) groups is 1. The molecule has 0 rings (SSSR count). The molecule has 0 aromatic carbocycles. The lowest BCUT2D eigenvalue weighted by molar-refractivity contribution is -0.158. The lowest BCUT2D eigenvalue weighted by Crippen LogP contribution is -2.44. The van der Waals surface area contributed by atoms with Crippen LogP contribution >= 0.6 is 0 Å². The molecular weight excluding hydrogens is 194 g/mol. The molecule has 4 nitrogen and oxygen atoms in total. The van der Waals surface area contributed by atoms with E-state index in [0.29, 0.717) is 19.4 Å². The minimum atomic E-state index is -0.640. The zero-order valence-corrected chi connectivity index (χ0v) is 9.95. The van der Waals surface area contributed by atoms with Gasteiger partial charge in [-0.05, 0) is 25.7 Å². The molecule has 1 atom stereocenters. The standard InChI is InChI=1S/C11H23NO3/c1-4-15-10(14)11(8-12,9(2)3)6-5-7-13/h9,13H,4-8,12H2,1-3H3. The first-order chi connectivity index (χ1) is 7.05. The van der Waals surface area contributed by atoms with Crippen LogP contribution in [0.4, 0.5) is 0 Å². The third-order valence-corrected chi connectivity index (χ3v) is 2.93. The first-order valence-corrected chi connectivity index (χ1v) is 5.53. The van der Waals surface area contributed by atoms with Gasteiger partial charge < -0.3 is 15.6 Å². The summed E-state index contributed by atoms with van der Waals surface area (Å²) >= 11 is 0. The molecule has 0 heterocycles. The van der Waals surface area contributed by atoms with Crippen LogP contribution in [0.15, 0.2) is 0 Å². The van der Waals surface area contributed by atoms with Crippen LogP contribution in [0.25, 0.3) is 0 Å². The molecule has 0 aliphatic carbocycles. The highest BCUT2D eigenvalue weighted by Crippen LogP contribution is 2.33. The second-order valence-corrected chi connectivity index (χ2v) is 4.06. The van der Waals surface area contributed by atoms with Crippen molar-refractivity contribution in [1.82, 2.24) is 0 Å². The largest absolute Gasteiger partial charge is 0.466 e. The second kappa shape index (κ2) is 6.80. The normalized spacial score (nSPS) is 15.1. The van der Waals surface area contributed by atoms with E-state index in [0.717, 1.165) is 0 Å². The van der Waals surface area contributed by atoms with E-state index in [1.165, 1.54) is 0 Å². The summed E-state index contributed by atoms with van der Waals surface area (Å²) < 4.78 is 5.06. The summed E-state index contributed by atoms with van der Waals surface area (Å²) in [6, 6.07) is 0. The highest BCUT2D eigenvalue weighted by Gasteiger charge is 2.41. The second-order valence-electron chi connectivity index (χ2n) is 4.06. The smallest absolute Gasteiger partial charge is 0.313 e. The average molecular weight is 217 g/mol. The van der Waals surface area contributed by atoms with Crippen LogP contribution < -0.4 is 5.73 Å². The van der Waals surface area contributed by atoms with Gasteiger partial charge in [-0.15, -0.1) is 0 Å². The predicted molar refractivity (Wildman–Crippen MR) is 59.3 cm³/mol. The molecule has 0 bridgehead atoms. The maximum Gasteiger partial charge on any atom is 0.313 e. The third kappa shape index (κ3) is 3.47. The molecule has 0 aliphatic rings. The molecular formula is C11H23NO3. The number of nitrogens with two attached hydrogens (primary N) is 1. The van der Waals surface area contributed by atoms with Crippen molar-refractivity contribution in [2.24, 2.45) is 17.1 Å². The van der Waals surface area contributed by atoms with E-state index in [1.54, 1.807) is 6.92 Å². The zero-order chi connectivity index (χ0) is 11.9. The topological polar surface area (TPSA) is 72.5 Å². The van der Waals surface area contributed by atoms with Crippen LogP contribution in [0.1, 0.15) is 33.6 Å². The van der Waals surface area contributed by atoms with Crippen molar-refractivity contribution < 1.29 is 14.6 Å². The van der Waals surface area contributed by atoms with Crippen LogP contribution in [-0.2, 0) is 9.53 Å². The fourth-order valence-electron chi connectivity index (χ4n) is 1.72. The summed E-state index contributed by atoms with van der Waals surface area (Å²) in [6.07, 6.45) is 1.16. The first kappa shape index (κ1) is 14.4. The van der Waals surface area contributed by atoms with E-state index < -0.39 is 5.41 Å². The Morgan fingerprint density at radius 3 is 2.47 bits per heavy atom. The summed E-state index contributed by atoms with van der Waals surface area (Å²) in [5.41, 5.74) is 5.06. The summed E-state index contributed by atoms with van der Waals surface area (Å²) in [5, 5.41) is 8.83. The minimum absolute atomic E-state index is 0.0773. The molecule has 0 saturated carbocycles. The molecule has 15 heavy (non-hydrogen) atoms. The molecule has 90 valence electrons. The Labute approximate surface area is 91.8 Å². The molecule has 0 radical (unpaired) electrons. The van der Waals surface area contributed by atoms with Crippen LogP contribution in [-0.4, -0.2) is 30.8 Å². The van der Waals surface area contributed by atoms with Gasteiger partial charge in [0.1, 0.15) is 0 Å². The molecule has 0 spiro atoms. The monoisotopic (exact) mass is 217 g/mol. The van der Waals surface area contributed by atoms with E-state index in [9.17, 15) is 4.79 Å². The number of aliphatic hydroxyl groups excluding tert-OH is 1. The lowest BCUT2D eigenvalue weighted by Gasteiger charge is -2.33. The van der Waals surface area contributed by atoms with Crippen molar-refractivity contribution in [3.8, 4) is 0 Å². The van der Waals surface area contributed by atoms with Crippen LogP contribution in [0.2, 0.25) is 0 Å². The molecule has 0 fully saturated rings. The average Bonchev–Trinajstić information content (AvgIpc) is 2.19. The first-order valence-electron chi connectivity index (χ1n) is 5.53. The van der Waals surface area contributed by atoms with E-state index in [-0.39, 0.29) is 25.0 Å². The maximum absolute atomic E-state index is 11.9. The Morgan fingerprint density at radius 1 is 1.53 bits per heavy atom. The summed E-state index contributed by atoms with van der Waals surface area (Å²) in [5.74, 6) is -0.121. The molecule has 3 N–H and O–H groups in total. The maximum atomic E-state index is 11.9. The molecule has 0 aromatic heterocycles. The van der Waals surface area contributed by atoms with Gasteiger partial charge in [0.2, 0.25) is 0 Å². The number of carbonyl (C=O) groups excluding carboxylic acids is 1. The van der Waals surface area contributed by atoms with Gasteiger partial charge in [-0.2, -0.15) is 0 Å². The number of esters is 1. The van der Waals surface area contributed by atoms with Crippen LogP contribution in [0.5, 0.6) is 0 Å². The lowest BCUT2D eigenvalue weighted by atomic mass is 9.73. The van der Waals surface area contributed by atoms with Crippen molar-refractivity contribution in [2.75, 3.05) is 19.8 Å². The van der Waals surface area contributed by atoms with Crippen molar-refractivity contribution in [3.63, 3.8) is 0 Å². The highest BCUT2D eigenvalue weighted by molar-refractivity contribution is 5.77. The summed E-state index contributed by atoms with van der Waals surface area (Å²) in [7, 11) is 0. The Balaban J connectivity index is 4.71. The fraction of sp³-hybridized carbons (Fsp3) is 0.909. The number of hydrogen-bond acceptors (Lipinski definition) is 4. The number of aliphatic hydroxyl groups is 1. The van der Waals surface area contributed by atoms with E-state index in [1.807, 2.05) is 13.8 Å². The van der Waals surface area contributed by atoms with Gasteiger partial charge in [0.15, 0.2) is 0 Å².